The van der Waals surface area contributed by atoms with Crippen molar-refractivity contribution >= 4 is 11.9 Å². The summed E-state index contributed by atoms with van der Waals surface area (Å²) in [4.78, 5) is 26.0. The summed E-state index contributed by atoms with van der Waals surface area (Å²) in [6.45, 7) is 10.3. The van der Waals surface area contributed by atoms with Crippen LogP contribution in [0.15, 0.2) is 11.1 Å². The minimum atomic E-state index is -0.392. The average molecular weight is 402 g/mol. The largest absolute Gasteiger partial charge is 0.461 e. The molecule has 4 atom stereocenters. The van der Waals surface area contributed by atoms with E-state index in [0.29, 0.717) is 0 Å². The fraction of sp³-hybridized carbons (Fsp3) is 0.840. The van der Waals surface area contributed by atoms with Gasteiger partial charge in [0.1, 0.15) is 6.10 Å². The predicted octanol–water partition coefficient (Wildman–Crippen LogP) is 5.31. The Morgan fingerprint density at radius 3 is 2.28 bits per heavy atom. The fourth-order valence-corrected chi connectivity index (χ4v) is 6.35. The van der Waals surface area contributed by atoms with Gasteiger partial charge in [0, 0.05) is 16.9 Å². The molecule has 0 aromatic heterocycles. The molecule has 0 aromatic rings. The Morgan fingerprint density at radius 1 is 1.00 bits per heavy atom. The molecule has 0 heterocycles. The van der Waals surface area contributed by atoms with E-state index in [1.165, 1.54) is 11.1 Å². The summed E-state index contributed by atoms with van der Waals surface area (Å²) in [5, 5.41) is 3.34. The highest BCUT2D eigenvalue weighted by molar-refractivity contribution is 5.81. The van der Waals surface area contributed by atoms with Crippen molar-refractivity contribution in [3.05, 3.63) is 11.1 Å². The van der Waals surface area contributed by atoms with Crippen LogP contribution in [0.2, 0.25) is 0 Å². The third kappa shape index (κ3) is 3.65. The first-order chi connectivity index (χ1) is 13.6. The first-order valence-electron chi connectivity index (χ1n) is 11.7. The summed E-state index contributed by atoms with van der Waals surface area (Å²) >= 11 is 0. The van der Waals surface area contributed by atoms with Gasteiger partial charge in [-0.2, -0.15) is 0 Å². The number of hydrogen-bond acceptors (Lipinski definition) is 3. The maximum Gasteiger partial charge on any atom is 0.310 e. The van der Waals surface area contributed by atoms with Crippen LogP contribution in [-0.4, -0.2) is 24.0 Å². The molecule has 0 radical (unpaired) electrons. The summed E-state index contributed by atoms with van der Waals surface area (Å²) in [7, 11) is 0. The van der Waals surface area contributed by atoms with E-state index in [9.17, 15) is 9.59 Å². The van der Waals surface area contributed by atoms with Gasteiger partial charge in [-0.15, -0.1) is 0 Å². The fourth-order valence-electron chi connectivity index (χ4n) is 6.35. The van der Waals surface area contributed by atoms with E-state index in [1.807, 2.05) is 20.8 Å². The Bertz CT molecular complexity index is 723. The van der Waals surface area contributed by atoms with Gasteiger partial charge < -0.3 is 10.1 Å². The van der Waals surface area contributed by atoms with E-state index in [-0.39, 0.29) is 40.8 Å². The molecule has 3 saturated carbocycles. The van der Waals surface area contributed by atoms with Crippen molar-refractivity contribution in [2.75, 3.05) is 0 Å². The lowest BCUT2D eigenvalue weighted by Gasteiger charge is -2.40. The molecule has 4 aliphatic rings. The Hall–Kier alpha value is -1.32. The van der Waals surface area contributed by atoms with E-state index >= 15 is 0 Å². The Kier molecular flexibility index (Phi) is 5.15. The maximum absolute atomic E-state index is 13.4. The molecule has 29 heavy (non-hydrogen) atoms. The van der Waals surface area contributed by atoms with Gasteiger partial charge in [-0.05, 0) is 77.0 Å². The van der Waals surface area contributed by atoms with Crippen molar-refractivity contribution < 1.29 is 14.3 Å². The summed E-state index contributed by atoms with van der Waals surface area (Å²) < 4.78 is 6.33. The van der Waals surface area contributed by atoms with E-state index in [2.05, 4.69) is 19.2 Å². The van der Waals surface area contributed by atoms with Crippen molar-refractivity contribution in [1.29, 1.82) is 0 Å². The van der Waals surface area contributed by atoms with Gasteiger partial charge in [0.25, 0.3) is 0 Å². The molecule has 0 unspecified atom stereocenters. The molecule has 0 aromatic carbocycles. The summed E-state index contributed by atoms with van der Waals surface area (Å²) in [6.07, 6.45) is 10.5. The molecule has 0 aliphatic heterocycles. The first kappa shape index (κ1) is 20.9. The third-order valence-electron chi connectivity index (χ3n) is 8.60. The van der Waals surface area contributed by atoms with Crippen molar-refractivity contribution in [3.8, 4) is 0 Å². The average Bonchev–Trinajstić information content (AvgIpc) is 3.10. The lowest BCUT2D eigenvalue weighted by atomic mass is 9.73. The van der Waals surface area contributed by atoms with E-state index in [4.69, 9.17) is 4.74 Å². The second kappa shape index (κ2) is 7.13. The number of nitrogens with one attached hydrogen (secondary N) is 1. The number of ether oxygens (including phenoxy) is 1. The van der Waals surface area contributed by atoms with E-state index < -0.39 is 5.41 Å². The molecule has 1 N–H and O–H groups in total. The van der Waals surface area contributed by atoms with Crippen LogP contribution in [0, 0.1) is 22.2 Å². The molecule has 4 heteroatoms. The number of carbonyl (C=O) groups excluding carboxylic acids is 2. The lowest BCUT2D eigenvalue weighted by molar-refractivity contribution is -0.163. The number of esters is 1. The number of hydrogen-bond donors (Lipinski definition) is 1. The van der Waals surface area contributed by atoms with Gasteiger partial charge in [-0.1, -0.05) is 38.3 Å². The van der Waals surface area contributed by atoms with Crippen LogP contribution < -0.4 is 5.32 Å². The summed E-state index contributed by atoms with van der Waals surface area (Å²) in [5.74, 6) is 0.183. The normalized spacial score (nSPS) is 36.0. The van der Waals surface area contributed by atoms with Crippen LogP contribution in [0.3, 0.4) is 0 Å². The highest BCUT2D eigenvalue weighted by Gasteiger charge is 2.57. The Balaban J connectivity index is 1.48. The molecule has 4 nitrogen and oxygen atoms in total. The second-order valence-corrected chi connectivity index (χ2v) is 11.6. The van der Waals surface area contributed by atoms with Crippen molar-refractivity contribution in [3.63, 3.8) is 0 Å². The molecule has 4 rings (SSSR count). The molecule has 2 spiro atoms. The SMILES string of the molecule is CC1=C(C)CC2(CC2)[C@@H](C(=O)O[C@@H]2CCC[C@@]23CCC[C@H]3NC(=O)C(C)(C)C)C1. The maximum atomic E-state index is 13.4. The molecular weight excluding hydrogens is 362 g/mol. The quantitative estimate of drug-likeness (QED) is 0.515. The zero-order valence-corrected chi connectivity index (χ0v) is 19.0. The zero-order valence-electron chi connectivity index (χ0n) is 19.0. The van der Waals surface area contributed by atoms with E-state index in [1.54, 1.807) is 0 Å². The van der Waals surface area contributed by atoms with Gasteiger partial charge in [0.05, 0.1) is 5.92 Å². The van der Waals surface area contributed by atoms with Gasteiger partial charge in [0.2, 0.25) is 5.91 Å². The molecule has 0 saturated heterocycles. The molecule has 4 aliphatic carbocycles. The first-order valence-corrected chi connectivity index (χ1v) is 11.7. The topological polar surface area (TPSA) is 55.4 Å². The van der Waals surface area contributed by atoms with Gasteiger partial charge >= 0.3 is 5.97 Å². The Labute approximate surface area is 176 Å². The van der Waals surface area contributed by atoms with Crippen LogP contribution in [0.5, 0.6) is 0 Å². The molecule has 162 valence electrons. The monoisotopic (exact) mass is 401 g/mol. The third-order valence-corrected chi connectivity index (χ3v) is 8.60. The van der Waals surface area contributed by atoms with Crippen LogP contribution in [0.25, 0.3) is 0 Å². The van der Waals surface area contributed by atoms with Gasteiger partial charge in [0.15, 0.2) is 0 Å². The lowest BCUT2D eigenvalue weighted by Crippen LogP contribution is -2.52. The smallest absolute Gasteiger partial charge is 0.310 e. The molecule has 1 amide bonds. The van der Waals surface area contributed by atoms with Crippen LogP contribution in [-0.2, 0) is 14.3 Å². The molecular formula is C25H39NO3. The van der Waals surface area contributed by atoms with Crippen LogP contribution in [0.1, 0.15) is 98.8 Å². The number of allylic oxidation sites excluding steroid dienone is 2. The number of amides is 1. The van der Waals surface area contributed by atoms with Crippen LogP contribution >= 0.6 is 0 Å². The van der Waals surface area contributed by atoms with Crippen LogP contribution in [0.4, 0.5) is 0 Å². The predicted molar refractivity (Wildman–Crippen MR) is 114 cm³/mol. The van der Waals surface area contributed by atoms with Crippen molar-refractivity contribution in [2.24, 2.45) is 22.2 Å². The zero-order chi connectivity index (χ0) is 21.0. The minimum Gasteiger partial charge on any atom is -0.461 e. The van der Waals surface area contributed by atoms with E-state index in [0.717, 1.165) is 64.2 Å². The minimum absolute atomic E-state index is 0.0351. The van der Waals surface area contributed by atoms with Gasteiger partial charge in [-0.25, -0.2) is 0 Å². The summed E-state index contributed by atoms with van der Waals surface area (Å²) in [5.41, 5.74) is 2.59. The summed E-state index contributed by atoms with van der Waals surface area (Å²) in [6, 6.07) is 0.139. The second-order valence-electron chi connectivity index (χ2n) is 11.6. The number of rotatable bonds is 3. The standard InChI is InChI=1S/C25H39NO3/c1-16-14-18(24(12-13-24)15-17(16)2)21(27)29-20-9-7-11-25(20)10-6-8-19(25)26-22(28)23(3,4)5/h18-20H,6-15H2,1-5H3,(H,26,28)/t18-,19-,20-,25-/m1/s1. The van der Waals surface area contributed by atoms with Crippen molar-refractivity contribution in [1.82, 2.24) is 5.32 Å². The number of carbonyl (C=O) groups is 2. The molecule has 3 fully saturated rings. The highest BCUT2D eigenvalue weighted by Crippen LogP contribution is 2.61. The highest BCUT2D eigenvalue weighted by atomic mass is 16.5. The van der Waals surface area contributed by atoms with Gasteiger partial charge in [-0.3, -0.25) is 9.59 Å². The Morgan fingerprint density at radius 2 is 1.66 bits per heavy atom. The molecule has 0 bridgehead atoms. The van der Waals surface area contributed by atoms with Crippen molar-refractivity contribution in [2.45, 2.75) is 111 Å².